The first-order valence-electron chi connectivity index (χ1n) is 7.36. The molecule has 3 rings (SSSR count). The van der Waals surface area contributed by atoms with Crippen molar-refractivity contribution in [2.45, 2.75) is 37.4 Å². The predicted octanol–water partition coefficient (Wildman–Crippen LogP) is 1.98. The van der Waals surface area contributed by atoms with Crippen molar-refractivity contribution in [1.82, 2.24) is 0 Å². The number of Topliss-reactive ketones (excluding diaryl/α,β-unsaturated/α-hetero) is 2. The molecule has 2 aliphatic rings. The third-order valence-electron chi connectivity index (χ3n) is 4.39. The van der Waals surface area contributed by atoms with Gasteiger partial charge in [0.15, 0.2) is 9.84 Å². The fourth-order valence-corrected chi connectivity index (χ4v) is 5.25. The van der Waals surface area contributed by atoms with Gasteiger partial charge in [-0.1, -0.05) is 43.5 Å². The number of benzene rings is 1. The lowest BCUT2D eigenvalue weighted by atomic mass is 9.93. The predicted molar refractivity (Wildman–Crippen MR) is 82.1 cm³/mol. The van der Waals surface area contributed by atoms with Crippen molar-refractivity contribution in [2.24, 2.45) is 5.73 Å². The summed E-state index contributed by atoms with van der Waals surface area (Å²) in [6, 6.07) is 6.19. The van der Waals surface area contributed by atoms with Gasteiger partial charge in [-0.15, -0.1) is 0 Å². The molecule has 0 radical (unpaired) electrons. The van der Waals surface area contributed by atoms with Crippen LogP contribution in [0.3, 0.4) is 0 Å². The molecule has 6 heteroatoms. The first kappa shape index (κ1) is 15.0. The minimum absolute atomic E-state index is 0.121. The van der Waals surface area contributed by atoms with Crippen molar-refractivity contribution in [2.75, 3.05) is 0 Å². The fraction of sp³-hybridized carbons (Fsp3) is 0.375. The highest BCUT2D eigenvalue weighted by Gasteiger charge is 2.41. The summed E-state index contributed by atoms with van der Waals surface area (Å²) in [6.07, 6.45) is 3.66. The maximum Gasteiger partial charge on any atom is 0.210 e. The van der Waals surface area contributed by atoms with Gasteiger partial charge in [0.2, 0.25) is 11.6 Å². The highest BCUT2D eigenvalue weighted by Crippen LogP contribution is 2.33. The summed E-state index contributed by atoms with van der Waals surface area (Å²) in [5.74, 6) is -1.23. The molecule has 2 N–H and O–H groups in total. The SMILES string of the molecule is NC1=C(S(=O)(=O)C2CCCCC2)C(=O)c2ccccc2C1=O. The molecule has 1 aromatic carbocycles. The molecule has 0 aliphatic heterocycles. The van der Waals surface area contributed by atoms with E-state index in [2.05, 4.69) is 0 Å². The second-order valence-electron chi connectivity index (χ2n) is 5.75. The first-order chi connectivity index (χ1) is 10.4. The molecule has 0 saturated heterocycles. The van der Waals surface area contributed by atoms with E-state index in [9.17, 15) is 18.0 Å². The highest BCUT2D eigenvalue weighted by atomic mass is 32.2. The van der Waals surface area contributed by atoms with E-state index in [4.69, 9.17) is 5.73 Å². The van der Waals surface area contributed by atoms with Gasteiger partial charge in [0.05, 0.1) is 5.25 Å². The zero-order chi connectivity index (χ0) is 15.9. The molecule has 5 nitrogen and oxygen atoms in total. The minimum Gasteiger partial charge on any atom is -0.394 e. The molecule has 22 heavy (non-hydrogen) atoms. The maximum atomic E-state index is 12.8. The van der Waals surface area contributed by atoms with Crippen LogP contribution in [-0.4, -0.2) is 25.2 Å². The molecule has 0 unspecified atom stereocenters. The average Bonchev–Trinajstić information content (AvgIpc) is 2.53. The van der Waals surface area contributed by atoms with Gasteiger partial charge in [0.1, 0.15) is 10.6 Å². The molecule has 0 atom stereocenters. The van der Waals surface area contributed by atoms with Gasteiger partial charge in [-0.25, -0.2) is 8.42 Å². The Morgan fingerprint density at radius 2 is 1.45 bits per heavy atom. The molecule has 1 saturated carbocycles. The molecular weight excluding hydrogens is 302 g/mol. The van der Waals surface area contributed by atoms with Crippen LogP contribution in [0, 0.1) is 0 Å². The third kappa shape index (κ3) is 2.18. The molecule has 0 spiro atoms. The summed E-state index contributed by atoms with van der Waals surface area (Å²) in [6.45, 7) is 0. The molecule has 1 aromatic rings. The lowest BCUT2D eigenvalue weighted by Crippen LogP contribution is -2.35. The van der Waals surface area contributed by atoms with Gasteiger partial charge in [-0.05, 0) is 12.8 Å². The van der Waals surface area contributed by atoms with Gasteiger partial charge in [0, 0.05) is 11.1 Å². The van der Waals surface area contributed by atoms with E-state index in [0.29, 0.717) is 12.8 Å². The van der Waals surface area contributed by atoms with Crippen LogP contribution in [0.4, 0.5) is 0 Å². The summed E-state index contributed by atoms with van der Waals surface area (Å²) in [5, 5.41) is -0.614. The number of rotatable bonds is 2. The van der Waals surface area contributed by atoms with Crippen LogP contribution in [0.25, 0.3) is 0 Å². The monoisotopic (exact) mass is 319 g/mol. The van der Waals surface area contributed by atoms with Gasteiger partial charge in [-0.3, -0.25) is 9.59 Å². The standard InChI is InChI=1S/C16H17NO4S/c17-13-14(18)11-8-4-5-9-12(11)15(19)16(13)22(20,21)10-6-2-1-3-7-10/h4-5,8-10H,1-3,6-7,17H2. The topological polar surface area (TPSA) is 94.3 Å². The minimum atomic E-state index is -3.87. The molecule has 2 aliphatic carbocycles. The normalized spacial score (nSPS) is 20.2. The number of allylic oxidation sites excluding steroid dienone is 2. The Labute approximate surface area is 129 Å². The Kier molecular flexibility index (Phi) is 3.64. The van der Waals surface area contributed by atoms with Crippen LogP contribution in [0.15, 0.2) is 34.9 Å². The number of carbonyl (C=O) groups excluding carboxylic acids is 2. The lowest BCUT2D eigenvalue weighted by molar-refractivity contribution is 0.0979. The smallest absolute Gasteiger partial charge is 0.210 e. The Hall–Kier alpha value is -1.95. The van der Waals surface area contributed by atoms with Crippen molar-refractivity contribution >= 4 is 21.4 Å². The number of sulfone groups is 1. The van der Waals surface area contributed by atoms with Crippen LogP contribution in [0.2, 0.25) is 0 Å². The number of carbonyl (C=O) groups is 2. The molecule has 0 aromatic heterocycles. The summed E-state index contributed by atoms with van der Waals surface area (Å²) in [5.41, 5.74) is 5.61. The highest BCUT2D eigenvalue weighted by molar-refractivity contribution is 7.97. The Bertz CT molecular complexity index is 786. The summed E-state index contributed by atoms with van der Waals surface area (Å²) < 4.78 is 25.6. The maximum absolute atomic E-state index is 12.8. The lowest BCUT2D eigenvalue weighted by Gasteiger charge is -2.25. The number of ketones is 2. The van der Waals surface area contributed by atoms with Crippen LogP contribution in [0.5, 0.6) is 0 Å². The van der Waals surface area contributed by atoms with Crippen LogP contribution in [0.1, 0.15) is 52.8 Å². The Morgan fingerprint density at radius 3 is 2.05 bits per heavy atom. The van der Waals surface area contributed by atoms with Crippen LogP contribution in [-0.2, 0) is 9.84 Å². The van der Waals surface area contributed by atoms with E-state index < -0.39 is 37.3 Å². The quantitative estimate of drug-likeness (QED) is 0.899. The van der Waals surface area contributed by atoms with E-state index in [0.717, 1.165) is 19.3 Å². The second-order valence-corrected chi connectivity index (χ2v) is 7.92. The molecular formula is C16H17NO4S. The van der Waals surface area contributed by atoms with E-state index in [1.807, 2.05) is 0 Å². The Morgan fingerprint density at radius 1 is 0.909 bits per heavy atom. The van der Waals surface area contributed by atoms with Crippen molar-refractivity contribution < 1.29 is 18.0 Å². The average molecular weight is 319 g/mol. The number of hydrogen-bond donors (Lipinski definition) is 1. The Balaban J connectivity index is 2.12. The molecule has 0 amide bonds. The largest absolute Gasteiger partial charge is 0.394 e. The van der Waals surface area contributed by atoms with Gasteiger partial charge in [0.25, 0.3) is 0 Å². The van der Waals surface area contributed by atoms with Gasteiger partial charge in [-0.2, -0.15) is 0 Å². The molecule has 116 valence electrons. The molecule has 0 heterocycles. The summed E-state index contributed by atoms with van der Waals surface area (Å²) in [4.78, 5) is 24.4. The van der Waals surface area contributed by atoms with Crippen molar-refractivity contribution in [3.63, 3.8) is 0 Å². The number of hydrogen-bond acceptors (Lipinski definition) is 5. The van der Waals surface area contributed by atoms with Crippen LogP contribution >= 0.6 is 0 Å². The van der Waals surface area contributed by atoms with Crippen molar-refractivity contribution in [3.8, 4) is 0 Å². The van der Waals surface area contributed by atoms with E-state index in [-0.39, 0.29) is 11.1 Å². The fourth-order valence-electron chi connectivity index (χ4n) is 3.20. The van der Waals surface area contributed by atoms with Crippen molar-refractivity contribution in [3.05, 3.63) is 46.0 Å². The third-order valence-corrected chi connectivity index (χ3v) is 6.71. The number of fused-ring (bicyclic) bond motifs is 1. The van der Waals surface area contributed by atoms with Crippen molar-refractivity contribution in [1.29, 1.82) is 0 Å². The first-order valence-corrected chi connectivity index (χ1v) is 8.91. The summed E-state index contributed by atoms with van der Waals surface area (Å²) >= 11 is 0. The molecule has 1 fully saturated rings. The van der Waals surface area contributed by atoms with Gasteiger partial charge >= 0.3 is 0 Å². The van der Waals surface area contributed by atoms with E-state index in [1.54, 1.807) is 12.1 Å². The van der Waals surface area contributed by atoms with Crippen LogP contribution < -0.4 is 5.73 Å². The number of nitrogens with two attached hydrogens (primary N) is 1. The summed E-state index contributed by atoms with van der Waals surface area (Å²) in [7, 11) is -3.87. The van der Waals surface area contributed by atoms with E-state index in [1.165, 1.54) is 12.1 Å². The zero-order valence-corrected chi connectivity index (χ0v) is 12.9. The second kappa shape index (κ2) is 5.35. The molecule has 0 bridgehead atoms. The zero-order valence-electron chi connectivity index (χ0n) is 12.0. The van der Waals surface area contributed by atoms with E-state index >= 15 is 0 Å². The van der Waals surface area contributed by atoms with Gasteiger partial charge < -0.3 is 5.73 Å².